The second-order valence-electron chi connectivity index (χ2n) is 7.26. The van der Waals surface area contributed by atoms with Crippen molar-refractivity contribution in [2.75, 3.05) is 31.1 Å². The summed E-state index contributed by atoms with van der Waals surface area (Å²) >= 11 is 0. The van der Waals surface area contributed by atoms with Crippen LogP contribution in [0.4, 0.5) is 5.69 Å². The van der Waals surface area contributed by atoms with Gasteiger partial charge in [0.1, 0.15) is 0 Å². The second-order valence-corrected chi connectivity index (χ2v) is 7.26. The third-order valence-electron chi connectivity index (χ3n) is 5.49. The molecular weight excluding hydrogens is 344 g/mol. The van der Waals surface area contributed by atoms with Gasteiger partial charge in [-0.05, 0) is 37.8 Å². The van der Waals surface area contributed by atoms with Gasteiger partial charge in [0.2, 0.25) is 11.8 Å². The third-order valence-corrected chi connectivity index (χ3v) is 5.49. The number of carbonyl (C=O) groups is 3. The van der Waals surface area contributed by atoms with Crippen LogP contribution in [-0.2, 0) is 25.5 Å². The lowest BCUT2D eigenvalue weighted by Crippen LogP contribution is -2.45. The number of rotatable bonds is 5. The molecule has 6 heteroatoms. The topological polar surface area (TPSA) is 66.9 Å². The molecule has 6 nitrogen and oxygen atoms in total. The van der Waals surface area contributed by atoms with Crippen molar-refractivity contribution in [1.29, 1.82) is 0 Å². The zero-order valence-electron chi connectivity index (χ0n) is 16.1. The SMILES string of the molecule is CCOC(=O)C1CCCN(C(=O)C2CC(=O)N(c3ccccc3CC)C2)C1. The summed E-state index contributed by atoms with van der Waals surface area (Å²) < 4.78 is 5.11. The van der Waals surface area contributed by atoms with E-state index in [1.54, 1.807) is 16.7 Å². The number of nitrogens with zero attached hydrogens (tertiary/aromatic N) is 2. The average molecular weight is 372 g/mol. The Bertz CT molecular complexity index is 718. The smallest absolute Gasteiger partial charge is 0.310 e. The van der Waals surface area contributed by atoms with Gasteiger partial charge in [0.25, 0.3) is 0 Å². The van der Waals surface area contributed by atoms with Crippen LogP contribution in [0.2, 0.25) is 0 Å². The molecule has 2 aliphatic heterocycles. The monoisotopic (exact) mass is 372 g/mol. The maximum absolute atomic E-state index is 13.0. The number of carbonyl (C=O) groups excluding carboxylic acids is 3. The van der Waals surface area contributed by atoms with Crippen molar-refractivity contribution in [2.24, 2.45) is 11.8 Å². The molecule has 0 N–H and O–H groups in total. The van der Waals surface area contributed by atoms with E-state index >= 15 is 0 Å². The lowest BCUT2D eigenvalue weighted by molar-refractivity contribution is -0.152. The van der Waals surface area contributed by atoms with Gasteiger partial charge in [0, 0.05) is 31.7 Å². The number of benzene rings is 1. The van der Waals surface area contributed by atoms with E-state index in [1.807, 2.05) is 24.3 Å². The quantitative estimate of drug-likeness (QED) is 0.745. The van der Waals surface area contributed by atoms with Gasteiger partial charge in [-0.15, -0.1) is 0 Å². The van der Waals surface area contributed by atoms with Crippen LogP contribution in [0.25, 0.3) is 0 Å². The summed E-state index contributed by atoms with van der Waals surface area (Å²) in [5, 5.41) is 0. The first-order chi connectivity index (χ1) is 13.0. The van der Waals surface area contributed by atoms with Crippen LogP contribution in [0, 0.1) is 11.8 Å². The zero-order chi connectivity index (χ0) is 19.4. The normalized spacial score (nSPS) is 22.8. The highest BCUT2D eigenvalue weighted by Crippen LogP contribution is 2.30. The second kappa shape index (κ2) is 8.55. The molecule has 146 valence electrons. The number of aryl methyl sites for hydroxylation is 1. The van der Waals surface area contributed by atoms with Crippen molar-refractivity contribution in [3.8, 4) is 0 Å². The predicted molar refractivity (Wildman–Crippen MR) is 102 cm³/mol. The zero-order valence-corrected chi connectivity index (χ0v) is 16.1. The molecule has 2 heterocycles. The molecule has 1 aromatic rings. The van der Waals surface area contributed by atoms with Gasteiger partial charge in [-0.3, -0.25) is 14.4 Å². The summed E-state index contributed by atoms with van der Waals surface area (Å²) in [6.07, 6.45) is 2.61. The third kappa shape index (κ3) is 4.15. The van der Waals surface area contributed by atoms with Crippen molar-refractivity contribution in [2.45, 2.75) is 39.5 Å². The van der Waals surface area contributed by atoms with Crippen molar-refractivity contribution in [3.63, 3.8) is 0 Å². The van der Waals surface area contributed by atoms with E-state index in [-0.39, 0.29) is 36.0 Å². The van der Waals surface area contributed by atoms with Gasteiger partial charge in [0.05, 0.1) is 18.4 Å². The Hall–Kier alpha value is -2.37. The maximum atomic E-state index is 13.0. The molecule has 2 amide bonds. The molecule has 2 atom stereocenters. The summed E-state index contributed by atoms with van der Waals surface area (Å²) in [4.78, 5) is 41.1. The minimum atomic E-state index is -0.344. The number of ether oxygens (including phenoxy) is 1. The maximum Gasteiger partial charge on any atom is 0.310 e. The molecule has 2 fully saturated rings. The van der Waals surface area contributed by atoms with E-state index in [0.29, 0.717) is 26.2 Å². The van der Waals surface area contributed by atoms with Crippen molar-refractivity contribution in [3.05, 3.63) is 29.8 Å². The molecule has 0 spiro atoms. The Morgan fingerprint density at radius 3 is 2.67 bits per heavy atom. The first kappa shape index (κ1) is 19.4. The summed E-state index contributed by atoms with van der Waals surface area (Å²) in [5.41, 5.74) is 2.02. The van der Waals surface area contributed by atoms with Crippen LogP contribution in [0.5, 0.6) is 0 Å². The summed E-state index contributed by atoms with van der Waals surface area (Å²) in [6, 6.07) is 7.86. The largest absolute Gasteiger partial charge is 0.466 e. The molecule has 0 saturated carbocycles. The number of para-hydroxylation sites is 1. The van der Waals surface area contributed by atoms with Crippen LogP contribution in [0.3, 0.4) is 0 Å². The number of piperidine rings is 1. The average Bonchev–Trinajstić information content (AvgIpc) is 3.09. The Kier molecular flexibility index (Phi) is 6.14. The first-order valence-electron chi connectivity index (χ1n) is 9.88. The van der Waals surface area contributed by atoms with Crippen LogP contribution < -0.4 is 4.90 Å². The summed E-state index contributed by atoms with van der Waals surface area (Å²) in [6.45, 7) is 5.65. The molecule has 2 aliphatic rings. The lowest BCUT2D eigenvalue weighted by atomic mass is 9.96. The first-order valence-corrected chi connectivity index (χ1v) is 9.88. The Morgan fingerprint density at radius 2 is 1.93 bits per heavy atom. The Morgan fingerprint density at radius 1 is 1.15 bits per heavy atom. The fourth-order valence-corrected chi connectivity index (χ4v) is 4.07. The van der Waals surface area contributed by atoms with E-state index in [4.69, 9.17) is 4.74 Å². The van der Waals surface area contributed by atoms with E-state index in [0.717, 1.165) is 30.5 Å². The van der Waals surface area contributed by atoms with E-state index < -0.39 is 0 Å². The van der Waals surface area contributed by atoms with Crippen LogP contribution in [0.15, 0.2) is 24.3 Å². The molecule has 2 saturated heterocycles. The van der Waals surface area contributed by atoms with E-state index in [1.165, 1.54) is 0 Å². The molecule has 2 unspecified atom stereocenters. The van der Waals surface area contributed by atoms with E-state index in [9.17, 15) is 14.4 Å². The number of hydrogen-bond acceptors (Lipinski definition) is 4. The Labute approximate surface area is 160 Å². The highest BCUT2D eigenvalue weighted by molar-refractivity contribution is 6.00. The molecule has 0 bridgehead atoms. The fraction of sp³-hybridized carbons (Fsp3) is 0.571. The van der Waals surface area contributed by atoms with Gasteiger partial charge in [0.15, 0.2) is 0 Å². The van der Waals surface area contributed by atoms with Gasteiger partial charge < -0.3 is 14.5 Å². The fourth-order valence-electron chi connectivity index (χ4n) is 4.07. The molecule has 1 aromatic carbocycles. The van der Waals surface area contributed by atoms with Crippen LogP contribution >= 0.6 is 0 Å². The number of hydrogen-bond donors (Lipinski definition) is 0. The number of amides is 2. The highest BCUT2D eigenvalue weighted by Gasteiger charge is 2.39. The summed E-state index contributed by atoms with van der Waals surface area (Å²) in [5.74, 6) is -0.849. The van der Waals surface area contributed by atoms with Crippen molar-refractivity contribution < 1.29 is 19.1 Å². The highest BCUT2D eigenvalue weighted by atomic mass is 16.5. The lowest BCUT2D eigenvalue weighted by Gasteiger charge is -2.33. The number of anilines is 1. The molecular formula is C21H28N2O4. The molecule has 3 rings (SSSR count). The minimum absolute atomic E-state index is 0.00629. The van der Waals surface area contributed by atoms with Gasteiger partial charge in [-0.1, -0.05) is 25.1 Å². The van der Waals surface area contributed by atoms with Gasteiger partial charge >= 0.3 is 5.97 Å². The van der Waals surface area contributed by atoms with Gasteiger partial charge in [-0.2, -0.15) is 0 Å². The molecule has 0 aliphatic carbocycles. The van der Waals surface area contributed by atoms with Gasteiger partial charge in [-0.25, -0.2) is 0 Å². The Balaban J connectivity index is 1.67. The number of esters is 1. The summed E-state index contributed by atoms with van der Waals surface area (Å²) in [7, 11) is 0. The number of likely N-dealkylation sites (tertiary alicyclic amines) is 1. The molecule has 0 aromatic heterocycles. The molecule has 27 heavy (non-hydrogen) atoms. The van der Waals surface area contributed by atoms with Crippen molar-refractivity contribution in [1.82, 2.24) is 4.90 Å². The minimum Gasteiger partial charge on any atom is -0.466 e. The molecule has 0 radical (unpaired) electrons. The van der Waals surface area contributed by atoms with Crippen LogP contribution in [0.1, 0.15) is 38.7 Å². The van der Waals surface area contributed by atoms with Crippen LogP contribution in [-0.4, -0.2) is 48.9 Å². The standard InChI is InChI=1S/C21H28N2O4/c1-3-15-8-5-6-10-18(15)23-14-17(12-19(23)24)20(25)22-11-7-9-16(13-22)21(26)27-4-2/h5-6,8,10,16-17H,3-4,7,9,11-14H2,1-2H3. The predicted octanol–water partition coefficient (Wildman–Crippen LogP) is 2.40. The van der Waals surface area contributed by atoms with E-state index in [2.05, 4.69) is 6.92 Å². The van der Waals surface area contributed by atoms with Crippen molar-refractivity contribution >= 4 is 23.5 Å².